The lowest BCUT2D eigenvalue weighted by molar-refractivity contribution is 0.0933. The summed E-state index contributed by atoms with van der Waals surface area (Å²) < 4.78 is 5.74. The molecule has 1 aliphatic carbocycles. The average Bonchev–Trinajstić information content (AvgIpc) is 2.88. The normalized spacial score (nSPS) is 25.4. The highest BCUT2D eigenvalue weighted by molar-refractivity contribution is 8.14. The van der Waals surface area contributed by atoms with Crippen LogP contribution in [0.3, 0.4) is 0 Å². The molecule has 2 unspecified atom stereocenters. The second kappa shape index (κ2) is 4.16. The maximum atomic E-state index is 11.8. The summed E-state index contributed by atoms with van der Waals surface area (Å²) >= 11 is 1.85. The van der Waals surface area contributed by atoms with E-state index in [4.69, 9.17) is 9.41 Å². The summed E-state index contributed by atoms with van der Waals surface area (Å²) in [5.74, 6) is 1.25. The Kier molecular flexibility index (Phi) is 2.73. The summed E-state index contributed by atoms with van der Waals surface area (Å²) in [5, 5.41) is 4.28. The standard InChI is InChI=1S/C13H16N2O2S/c1-6-10-8(17-12(6)13(16)14-3)4-5-9-11(10)15-7(2)18-9/h9,11H,4-5H2,1-3H3,(H,14,16). The first-order valence-corrected chi connectivity index (χ1v) is 7.05. The van der Waals surface area contributed by atoms with E-state index in [-0.39, 0.29) is 11.9 Å². The molecule has 1 aliphatic heterocycles. The molecule has 3 rings (SSSR count). The Morgan fingerprint density at radius 3 is 3.00 bits per heavy atom. The van der Waals surface area contributed by atoms with Crippen molar-refractivity contribution in [2.45, 2.75) is 38.0 Å². The third-order valence-electron chi connectivity index (χ3n) is 3.65. The van der Waals surface area contributed by atoms with E-state index in [0.29, 0.717) is 11.0 Å². The Morgan fingerprint density at radius 2 is 2.28 bits per heavy atom. The second-order valence-electron chi connectivity index (χ2n) is 4.76. The van der Waals surface area contributed by atoms with Gasteiger partial charge in [-0.2, -0.15) is 0 Å². The number of thioether (sulfide) groups is 1. The van der Waals surface area contributed by atoms with Crippen molar-refractivity contribution >= 4 is 22.7 Å². The van der Waals surface area contributed by atoms with Gasteiger partial charge in [-0.1, -0.05) is 0 Å². The van der Waals surface area contributed by atoms with Gasteiger partial charge in [0.1, 0.15) is 5.76 Å². The van der Waals surface area contributed by atoms with Crippen molar-refractivity contribution in [1.29, 1.82) is 0 Å². The molecule has 0 saturated heterocycles. The van der Waals surface area contributed by atoms with Crippen LogP contribution in [0, 0.1) is 6.92 Å². The van der Waals surface area contributed by atoms with Crippen LogP contribution in [0.4, 0.5) is 0 Å². The number of hydrogen-bond donors (Lipinski definition) is 1. The van der Waals surface area contributed by atoms with Gasteiger partial charge in [0.25, 0.3) is 5.91 Å². The van der Waals surface area contributed by atoms with Gasteiger partial charge in [-0.25, -0.2) is 0 Å². The lowest BCUT2D eigenvalue weighted by atomic mass is 9.90. The summed E-state index contributed by atoms with van der Waals surface area (Å²) in [6.45, 7) is 4.01. The SMILES string of the molecule is CNC(=O)c1oc2c(c1C)C1N=C(C)SC1CC2. The van der Waals surface area contributed by atoms with Crippen molar-refractivity contribution in [2.24, 2.45) is 4.99 Å². The summed E-state index contributed by atoms with van der Waals surface area (Å²) in [6, 6.07) is 0.181. The van der Waals surface area contributed by atoms with E-state index in [1.807, 2.05) is 18.7 Å². The van der Waals surface area contributed by atoms with Crippen molar-refractivity contribution in [2.75, 3.05) is 7.05 Å². The lowest BCUT2D eigenvalue weighted by Crippen LogP contribution is -2.19. The van der Waals surface area contributed by atoms with Gasteiger partial charge in [0.15, 0.2) is 5.76 Å². The summed E-state index contributed by atoms with van der Waals surface area (Å²) in [5.41, 5.74) is 2.10. The molecule has 1 N–H and O–H groups in total. The van der Waals surface area contributed by atoms with Crippen molar-refractivity contribution in [3.63, 3.8) is 0 Å². The largest absolute Gasteiger partial charge is 0.455 e. The number of hydrogen-bond acceptors (Lipinski definition) is 4. The van der Waals surface area contributed by atoms with Gasteiger partial charge >= 0.3 is 0 Å². The number of nitrogens with zero attached hydrogens (tertiary/aromatic N) is 1. The van der Waals surface area contributed by atoms with Crippen LogP contribution in [0.2, 0.25) is 0 Å². The maximum absolute atomic E-state index is 11.8. The Balaban J connectivity index is 2.09. The average molecular weight is 264 g/mol. The van der Waals surface area contributed by atoms with Crippen LogP contribution >= 0.6 is 11.8 Å². The van der Waals surface area contributed by atoms with Gasteiger partial charge in [-0.15, -0.1) is 11.8 Å². The minimum atomic E-state index is -0.148. The zero-order valence-corrected chi connectivity index (χ0v) is 11.6. The molecular formula is C13H16N2O2S. The van der Waals surface area contributed by atoms with Gasteiger partial charge in [0.2, 0.25) is 0 Å². The van der Waals surface area contributed by atoms with Crippen LogP contribution in [0.15, 0.2) is 9.41 Å². The van der Waals surface area contributed by atoms with E-state index in [2.05, 4.69) is 12.2 Å². The molecule has 0 spiro atoms. The lowest BCUT2D eigenvalue weighted by Gasteiger charge is -2.22. The van der Waals surface area contributed by atoms with Crippen LogP contribution in [0.25, 0.3) is 0 Å². The van der Waals surface area contributed by atoms with E-state index in [0.717, 1.165) is 34.8 Å². The summed E-state index contributed by atoms with van der Waals surface area (Å²) in [4.78, 5) is 16.5. The van der Waals surface area contributed by atoms with Crippen LogP contribution in [-0.4, -0.2) is 23.2 Å². The first-order valence-electron chi connectivity index (χ1n) is 6.17. The van der Waals surface area contributed by atoms with Crippen LogP contribution in [0.1, 0.15) is 46.8 Å². The van der Waals surface area contributed by atoms with E-state index in [9.17, 15) is 4.79 Å². The number of aliphatic imine (C=N–C) groups is 1. The quantitative estimate of drug-likeness (QED) is 0.847. The van der Waals surface area contributed by atoms with Crippen molar-refractivity contribution in [1.82, 2.24) is 5.32 Å². The number of carbonyl (C=O) groups excluding carboxylic acids is 1. The smallest absolute Gasteiger partial charge is 0.287 e. The monoisotopic (exact) mass is 264 g/mol. The Morgan fingerprint density at radius 1 is 1.50 bits per heavy atom. The molecule has 2 heterocycles. The fourth-order valence-corrected chi connectivity index (χ4v) is 4.00. The Bertz CT molecular complexity index is 547. The zero-order chi connectivity index (χ0) is 12.9. The Hall–Kier alpha value is -1.23. The summed E-state index contributed by atoms with van der Waals surface area (Å²) in [7, 11) is 1.62. The van der Waals surface area contributed by atoms with Crippen LogP contribution in [0.5, 0.6) is 0 Å². The number of carbonyl (C=O) groups is 1. The molecule has 0 radical (unpaired) electrons. The minimum absolute atomic E-state index is 0.148. The molecular weight excluding hydrogens is 248 g/mol. The van der Waals surface area contributed by atoms with Gasteiger partial charge in [-0.05, 0) is 20.3 Å². The van der Waals surface area contributed by atoms with E-state index in [1.54, 1.807) is 7.05 Å². The Labute approximate surface area is 110 Å². The van der Waals surface area contributed by atoms with Crippen molar-refractivity contribution in [3.8, 4) is 0 Å². The highest BCUT2D eigenvalue weighted by Crippen LogP contribution is 2.47. The molecule has 1 aromatic heterocycles. The highest BCUT2D eigenvalue weighted by atomic mass is 32.2. The molecule has 0 bridgehead atoms. The van der Waals surface area contributed by atoms with Crippen molar-refractivity contribution < 1.29 is 9.21 Å². The molecule has 2 atom stereocenters. The first-order chi connectivity index (χ1) is 8.61. The molecule has 1 amide bonds. The summed E-state index contributed by atoms with van der Waals surface area (Å²) in [6.07, 6.45) is 1.98. The molecule has 96 valence electrons. The number of furan rings is 1. The fraction of sp³-hybridized carbons (Fsp3) is 0.538. The predicted molar refractivity (Wildman–Crippen MR) is 72.4 cm³/mol. The van der Waals surface area contributed by atoms with Gasteiger partial charge in [-0.3, -0.25) is 9.79 Å². The molecule has 0 aromatic carbocycles. The molecule has 2 aliphatic rings. The number of fused-ring (bicyclic) bond motifs is 3. The topological polar surface area (TPSA) is 54.6 Å². The van der Waals surface area contributed by atoms with E-state index >= 15 is 0 Å². The third-order valence-corrected chi connectivity index (χ3v) is 4.89. The second-order valence-corrected chi connectivity index (χ2v) is 6.19. The van der Waals surface area contributed by atoms with Crippen molar-refractivity contribution in [3.05, 3.63) is 22.6 Å². The van der Waals surface area contributed by atoms with Crippen LogP contribution < -0.4 is 5.32 Å². The molecule has 4 nitrogen and oxygen atoms in total. The molecule has 0 fully saturated rings. The minimum Gasteiger partial charge on any atom is -0.455 e. The number of amides is 1. The van der Waals surface area contributed by atoms with Crippen LogP contribution in [-0.2, 0) is 6.42 Å². The number of nitrogens with one attached hydrogen (secondary N) is 1. The maximum Gasteiger partial charge on any atom is 0.287 e. The molecule has 1 aromatic rings. The molecule has 18 heavy (non-hydrogen) atoms. The molecule has 5 heteroatoms. The number of rotatable bonds is 1. The first kappa shape index (κ1) is 11.8. The van der Waals surface area contributed by atoms with Gasteiger partial charge < -0.3 is 9.73 Å². The fourth-order valence-electron chi connectivity index (χ4n) is 2.82. The third kappa shape index (κ3) is 1.61. The number of aryl methyl sites for hydroxylation is 1. The highest BCUT2D eigenvalue weighted by Gasteiger charge is 2.39. The molecule has 0 saturated carbocycles. The van der Waals surface area contributed by atoms with E-state index < -0.39 is 0 Å². The van der Waals surface area contributed by atoms with Gasteiger partial charge in [0.05, 0.1) is 11.1 Å². The van der Waals surface area contributed by atoms with Gasteiger partial charge in [0, 0.05) is 29.8 Å². The van der Waals surface area contributed by atoms with E-state index in [1.165, 1.54) is 0 Å². The predicted octanol–water partition coefficient (Wildman–Crippen LogP) is 2.47. The zero-order valence-electron chi connectivity index (χ0n) is 10.7.